The number of rotatable bonds is 3. The number of nitrogens with zero attached hydrogens (tertiary/aromatic N) is 2. The number of para-hydroxylation sites is 1. The minimum atomic E-state index is -0.787. The summed E-state index contributed by atoms with van der Waals surface area (Å²) >= 11 is 0. The summed E-state index contributed by atoms with van der Waals surface area (Å²) < 4.78 is 2.02. The van der Waals surface area contributed by atoms with Crippen molar-refractivity contribution in [2.75, 3.05) is 0 Å². The van der Waals surface area contributed by atoms with E-state index in [4.69, 9.17) is 5.11 Å². The summed E-state index contributed by atoms with van der Waals surface area (Å²) in [6, 6.07) is 9.98. The fourth-order valence-corrected chi connectivity index (χ4v) is 2.34. The van der Waals surface area contributed by atoms with Crippen LogP contribution in [0.5, 0.6) is 0 Å². The fourth-order valence-electron chi connectivity index (χ4n) is 2.34. The second kappa shape index (κ2) is 4.14. The average Bonchev–Trinajstić information content (AvgIpc) is 2.71. The van der Waals surface area contributed by atoms with E-state index in [2.05, 4.69) is 11.1 Å². The number of benzene rings is 1. The van der Waals surface area contributed by atoms with E-state index < -0.39 is 5.97 Å². The first-order valence-corrected chi connectivity index (χ1v) is 5.80. The number of aromatic nitrogens is 2. The van der Waals surface area contributed by atoms with Crippen LogP contribution in [0.4, 0.5) is 0 Å². The van der Waals surface area contributed by atoms with Crippen LogP contribution in [0.3, 0.4) is 0 Å². The van der Waals surface area contributed by atoms with Gasteiger partial charge < -0.3 is 9.67 Å². The van der Waals surface area contributed by atoms with Crippen LogP contribution in [0, 0.1) is 0 Å². The van der Waals surface area contributed by atoms with Gasteiger partial charge in [0.15, 0.2) is 0 Å². The molecule has 1 N–H and O–H groups in total. The predicted octanol–water partition coefficient (Wildman–Crippen LogP) is 2.66. The van der Waals surface area contributed by atoms with Crippen molar-refractivity contribution < 1.29 is 9.90 Å². The standard InChI is InChI=1S/C14H12N2O2/c17-14(18)6-8-16-12-4-2-1-3-10(12)11-5-7-15-9-13(11)16/h1-5,7,9H,6,8H2,(H,17,18). The van der Waals surface area contributed by atoms with Gasteiger partial charge in [0.05, 0.1) is 18.1 Å². The molecule has 0 saturated heterocycles. The Kier molecular flexibility index (Phi) is 2.48. The molecule has 0 radical (unpaired) electrons. The van der Waals surface area contributed by atoms with Gasteiger partial charge in [0.25, 0.3) is 0 Å². The van der Waals surface area contributed by atoms with Gasteiger partial charge in [0.2, 0.25) is 0 Å². The van der Waals surface area contributed by atoms with Crippen molar-refractivity contribution in [3.05, 3.63) is 42.7 Å². The monoisotopic (exact) mass is 240 g/mol. The molecule has 0 saturated carbocycles. The van der Waals surface area contributed by atoms with Gasteiger partial charge in [-0.2, -0.15) is 0 Å². The van der Waals surface area contributed by atoms with Crippen LogP contribution in [0.25, 0.3) is 21.8 Å². The molecule has 0 fully saturated rings. The third-order valence-electron chi connectivity index (χ3n) is 3.13. The lowest BCUT2D eigenvalue weighted by Gasteiger charge is -2.04. The van der Waals surface area contributed by atoms with Gasteiger partial charge in [-0.1, -0.05) is 18.2 Å². The zero-order chi connectivity index (χ0) is 12.5. The molecule has 0 unspecified atom stereocenters. The van der Waals surface area contributed by atoms with Crippen molar-refractivity contribution >= 4 is 27.8 Å². The molecule has 0 aliphatic rings. The molecule has 2 heterocycles. The summed E-state index contributed by atoms with van der Waals surface area (Å²) in [4.78, 5) is 14.9. The maximum absolute atomic E-state index is 10.7. The number of carboxylic acid groups (broad SMARTS) is 1. The number of hydrogen-bond acceptors (Lipinski definition) is 2. The van der Waals surface area contributed by atoms with E-state index in [0.717, 1.165) is 21.8 Å². The molecule has 3 aromatic rings. The number of aliphatic carboxylic acids is 1. The summed E-state index contributed by atoms with van der Waals surface area (Å²) in [5, 5.41) is 11.1. The number of fused-ring (bicyclic) bond motifs is 3. The number of aryl methyl sites for hydroxylation is 1. The molecule has 18 heavy (non-hydrogen) atoms. The summed E-state index contributed by atoms with van der Waals surface area (Å²) in [7, 11) is 0. The van der Waals surface area contributed by atoms with E-state index in [1.807, 2.05) is 28.8 Å². The van der Waals surface area contributed by atoms with E-state index >= 15 is 0 Å². The molecular weight excluding hydrogens is 228 g/mol. The molecule has 0 amide bonds. The minimum Gasteiger partial charge on any atom is -0.481 e. The Morgan fingerprint density at radius 3 is 2.78 bits per heavy atom. The molecule has 4 nitrogen and oxygen atoms in total. The van der Waals surface area contributed by atoms with Gasteiger partial charge in [0.1, 0.15) is 0 Å². The maximum Gasteiger partial charge on any atom is 0.305 e. The highest BCUT2D eigenvalue weighted by Crippen LogP contribution is 2.28. The van der Waals surface area contributed by atoms with E-state index in [1.165, 1.54) is 0 Å². The molecule has 4 heteroatoms. The maximum atomic E-state index is 10.7. The van der Waals surface area contributed by atoms with Gasteiger partial charge in [-0.05, 0) is 12.1 Å². The van der Waals surface area contributed by atoms with Crippen LogP contribution in [0.1, 0.15) is 6.42 Å². The zero-order valence-electron chi connectivity index (χ0n) is 9.71. The van der Waals surface area contributed by atoms with Gasteiger partial charge in [-0.25, -0.2) is 0 Å². The molecule has 1 aromatic carbocycles. The second-order valence-corrected chi connectivity index (χ2v) is 4.21. The summed E-state index contributed by atoms with van der Waals surface area (Å²) in [6.45, 7) is 0.463. The number of hydrogen-bond donors (Lipinski definition) is 1. The largest absolute Gasteiger partial charge is 0.481 e. The first-order chi connectivity index (χ1) is 8.77. The van der Waals surface area contributed by atoms with Gasteiger partial charge in [-0.3, -0.25) is 9.78 Å². The Morgan fingerprint density at radius 2 is 1.94 bits per heavy atom. The first-order valence-electron chi connectivity index (χ1n) is 5.80. The lowest BCUT2D eigenvalue weighted by Crippen LogP contribution is -2.04. The molecule has 0 spiro atoms. The molecule has 0 aliphatic carbocycles. The van der Waals surface area contributed by atoms with Gasteiger partial charge in [-0.15, -0.1) is 0 Å². The Balaban J connectivity index is 2.27. The number of carboxylic acids is 1. The summed E-state index contributed by atoms with van der Waals surface area (Å²) in [5.74, 6) is -0.787. The quantitative estimate of drug-likeness (QED) is 0.765. The molecule has 0 atom stereocenters. The van der Waals surface area contributed by atoms with Crippen LogP contribution in [0.2, 0.25) is 0 Å². The zero-order valence-corrected chi connectivity index (χ0v) is 9.71. The third-order valence-corrected chi connectivity index (χ3v) is 3.13. The summed E-state index contributed by atoms with van der Waals surface area (Å²) in [6.07, 6.45) is 3.66. The summed E-state index contributed by atoms with van der Waals surface area (Å²) in [5.41, 5.74) is 2.04. The minimum absolute atomic E-state index is 0.114. The van der Waals surface area contributed by atoms with Crippen molar-refractivity contribution in [2.45, 2.75) is 13.0 Å². The highest BCUT2D eigenvalue weighted by atomic mass is 16.4. The molecule has 3 rings (SSSR count). The Hall–Kier alpha value is -2.36. The Labute approximate surface area is 103 Å². The predicted molar refractivity (Wildman–Crippen MR) is 69.5 cm³/mol. The van der Waals surface area contributed by atoms with Gasteiger partial charge >= 0.3 is 5.97 Å². The van der Waals surface area contributed by atoms with Crippen molar-refractivity contribution in [3.63, 3.8) is 0 Å². The normalized spacial score (nSPS) is 11.1. The molecule has 0 aliphatic heterocycles. The highest BCUT2D eigenvalue weighted by molar-refractivity contribution is 6.07. The topological polar surface area (TPSA) is 55.1 Å². The fraction of sp³-hybridized carbons (Fsp3) is 0.143. The third kappa shape index (κ3) is 1.62. The lowest BCUT2D eigenvalue weighted by molar-refractivity contribution is -0.137. The molecular formula is C14H12N2O2. The van der Waals surface area contributed by atoms with Crippen LogP contribution < -0.4 is 0 Å². The Bertz CT molecular complexity index is 678. The highest BCUT2D eigenvalue weighted by Gasteiger charge is 2.10. The second-order valence-electron chi connectivity index (χ2n) is 4.21. The SMILES string of the molecule is O=C(O)CCn1c2ccccc2c2ccncc21. The molecule has 2 aromatic heterocycles. The van der Waals surface area contributed by atoms with Crippen molar-refractivity contribution in [1.82, 2.24) is 9.55 Å². The molecule has 0 bridgehead atoms. The van der Waals surface area contributed by atoms with E-state index in [1.54, 1.807) is 12.4 Å². The van der Waals surface area contributed by atoms with Crippen LogP contribution in [-0.4, -0.2) is 20.6 Å². The smallest absolute Gasteiger partial charge is 0.305 e. The van der Waals surface area contributed by atoms with Crippen molar-refractivity contribution in [2.24, 2.45) is 0 Å². The van der Waals surface area contributed by atoms with Crippen LogP contribution in [-0.2, 0) is 11.3 Å². The van der Waals surface area contributed by atoms with E-state index in [0.29, 0.717) is 6.54 Å². The number of pyridine rings is 1. The van der Waals surface area contributed by atoms with Crippen molar-refractivity contribution in [1.29, 1.82) is 0 Å². The lowest BCUT2D eigenvalue weighted by atomic mass is 10.2. The number of carbonyl (C=O) groups is 1. The Morgan fingerprint density at radius 1 is 1.17 bits per heavy atom. The van der Waals surface area contributed by atoms with Gasteiger partial charge in [0, 0.05) is 29.0 Å². The van der Waals surface area contributed by atoms with Crippen LogP contribution in [0.15, 0.2) is 42.7 Å². The van der Waals surface area contributed by atoms with Crippen molar-refractivity contribution in [3.8, 4) is 0 Å². The average molecular weight is 240 g/mol. The van der Waals surface area contributed by atoms with E-state index in [-0.39, 0.29) is 6.42 Å². The van der Waals surface area contributed by atoms with Crippen LogP contribution >= 0.6 is 0 Å². The first kappa shape index (κ1) is 10.8. The van der Waals surface area contributed by atoms with E-state index in [9.17, 15) is 4.79 Å². The molecule has 90 valence electrons.